The summed E-state index contributed by atoms with van der Waals surface area (Å²) in [5.41, 5.74) is -0.108. The van der Waals surface area contributed by atoms with Crippen LogP contribution in [0.5, 0.6) is 0 Å². The molecule has 6 rings (SSSR count). The Hall–Kier alpha value is -3.95. The fraction of sp³-hybridized carbons (Fsp3) is 0.526. The predicted octanol–water partition coefficient (Wildman–Crippen LogP) is 7.71. The number of aldehydes is 1. The third-order valence-corrected chi connectivity index (χ3v) is 11.0. The van der Waals surface area contributed by atoms with E-state index in [1.165, 1.54) is 12.1 Å². The van der Waals surface area contributed by atoms with Crippen LogP contribution in [0.15, 0.2) is 48.8 Å². The van der Waals surface area contributed by atoms with Gasteiger partial charge in [0.1, 0.15) is 17.5 Å². The van der Waals surface area contributed by atoms with Crippen LogP contribution in [0.4, 0.5) is 26.3 Å². The molecule has 3 aliphatic rings. The van der Waals surface area contributed by atoms with E-state index in [2.05, 4.69) is 10.00 Å². The normalized spacial score (nSPS) is 20.0. The van der Waals surface area contributed by atoms with Crippen LogP contribution in [-0.2, 0) is 22.7 Å². The first-order valence-electron chi connectivity index (χ1n) is 17.5. The summed E-state index contributed by atoms with van der Waals surface area (Å²) >= 11 is 6.48. The van der Waals surface area contributed by atoms with Crippen molar-refractivity contribution >= 4 is 29.8 Å². The van der Waals surface area contributed by atoms with Crippen molar-refractivity contribution in [1.82, 2.24) is 19.6 Å². The number of hydrogen-bond acceptors (Lipinski definition) is 6. The third kappa shape index (κ3) is 9.28. The Balaban J connectivity index is 0.000000554. The first-order valence-corrected chi connectivity index (χ1v) is 17.9. The van der Waals surface area contributed by atoms with Crippen molar-refractivity contribution < 1.29 is 50.6 Å². The molecule has 3 heterocycles. The van der Waals surface area contributed by atoms with Gasteiger partial charge in [0.05, 0.1) is 37.1 Å². The molecule has 1 atom stereocenters. The zero-order chi connectivity index (χ0) is 39.6. The molecular formula is C38H43ClF6N4O5. The van der Waals surface area contributed by atoms with Gasteiger partial charge in [0, 0.05) is 67.1 Å². The number of halogens is 7. The molecule has 9 nitrogen and oxygen atoms in total. The quantitative estimate of drug-likeness (QED) is 0.166. The topological polar surface area (TPSA) is 105 Å². The van der Waals surface area contributed by atoms with E-state index < -0.39 is 23.5 Å². The van der Waals surface area contributed by atoms with Gasteiger partial charge in [-0.05, 0) is 69.0 Å². The molecule has 2 aliphatic heterocycles. The number of nitrogens with zero attached hydrogens (tertiary/aromatic N) is 4. The number of alkyl halides is 5. The highest BCUT2D eigenvalue weighted by atomic mass is 35.5. The van der Waals surface area contributed by atoms with E-state index in [0.29, 0.717) is 42.9 Å². The number of likely N-dealkylation sites (tertiary alicyclic amines) is 2. The summed E-state index contributed by atoms with van der Waals surface area (Å²) < 4.78 is 83.5. The minimum absolute atomic E-state index is 0.0164. The molecule has 1 aliphatic carbocycles. The van der Waals surface area contributed by atoms with Crippen LogP contribution < -0.4 is 0 Å². The molecule has 0 bridgehead atoms. The minimum Gasteiger partial charge on any atom is -0.478 e. The van der Waals surface area contributed by atoms with Gasteiger partial charge in [-0.2, -0.15) is 18.3 Å². The second-order valence-corrected chi connectivity index (χ2v) is 15.7. The molecule has 1 amide bonds. The lowest BCUT2D eigenvalue weighted by Crippen LogP contribution is -2.59. The summed E-state index contributed by atoms with van der Waals surface area (Å²) in [6.07, 6.45) is -1.40. The number of amides is 1. The Labute approximate surface area is 314 Å². The van der Waals surface area contributed by atoms with Gasteiger partial charge >= 0.3 is 12.1 Å². The van der Waals surface area contributed by atoms with Crippen molar-refractivity contribution in [1.29, 1.82) is 0 Å². The van der Waals surface area contributed by atoms with Gasteiger partial charge in [-0.15, -0.1) is 0 Å². The van der Waals surface area contributed by atoms with Crippen LogP contribution in [0.3, 0.4) is 0 Å². The van der Waals surface area contributed by atoms with Crippen LogP contribution in [0.25, 0.3) is 0 Å². The molecule has 2 aromatic carbocycles. The molecule has 3 aromatic rings. The largest absolute Gasteiger partial charge is 0.478 e. The highest BCUT2D eigenvalue weighted by molar-refractivity contribution is 6.31. The Morgan fingerprint density at radius 2 is 1.70 bits per heavy atom. The lowest BCUT2D eigenvalue weighted by molar-refractivity contribution is -0.203. The summed E-state index contributed by atoms with van der Waals surface area (Å²) in [7, 11) is 2.03. The monoisotopic (exact) mass is 784 g/mol. The zero-order valence-corrected chi connectivity index (χ0v) is 30.9. The Morgan fingerprint density at radius 3 is 2.26 bits per heavy atom. The molecule has 2 saturated heterocycles. The van der Waals surface area contributed by atoms with Gasteiger partial charge in [-0.3, -0.25) is 9.48 Å². The van der Waals surface area contributed by atoms with E-state index in [1.54, 1.807) is 41.3 Å². The fourth-order valence-electron chi connectivity index (χ4n) is 7.42. The van der Waals surface area contributed by atoms with Gasteiger partial charge in [0.15, 0.2) is 0 Å². The summed E-state index contributed by atoms with van der Waals surface area (Å²) in [4.78, 5) is 39.7. The second kappa shape index (κ2) is 16.0. The van der Waals surface area contributed by atoms with E-state index in [4.69, 9.17) is 16.3 Å². The van der Waals surface area contributed by atoms with Crippen molar-refractivity contribution in [2.45, 2.75) is 70.7 Å². The highest BCUT2D eigenvalue weighted by Gasteiger charge is 2.54. The van der Waals surface area contributed by atoms with E-state index in [-0.39, 0.29) is 78.1 Å². The SMILES string of the molecule is CC(C)(C=O)C(F)(F)F.CN1CC2(C1)CN(C(=O)c1cnn(Cc3ccc(F)cc3)c1)CC2COCc1c(Cl)ccc(C2CCC(F)(F)CC2)c1C(=O)O. The van der Waals surface area contributed by atoms with Gasteiger partial charge in [-0.1, -0.05) is 29.8 Å². The number of benzene rings is 2. The molecule has 294 valence electrons. The third-order valence-electron chi connectivity index (χ3n) is 10.7. The number of aromatic carboxylic acids is 1. The summed E-state index contributed by atoms with van der Waals surface area (Å²) in [6, 6.07) is 9.41. The minimum atomic E-state index is -4.42. The Kier molecular flexibility index (Phi) is 12.2. The molecule has 1 aromatic heterocycles. The predicted molar refractivity (Wildman–Crippen MR) is 187 cm³/mol. The lowest BCUT2D eigenvalue weighted by atomic mass is 9.72. The van der Waals surface area contributed by atoms with Crippen LogP contribution in [0.1, 0.15) is 82.9 Å². The van der Waals surface area contributed by atoms with Crippen LogP contribution in [0.2, 0.25) is 5.02 Å². The first-order chi connectivity index (χ1) is 25.2. The fourth-order valence-corrected chi connectivity index (χ4v) is 7.63. The van der Waals surface area contributed by atoms with E-state index in [9.17, 15) is 45.8 Å². The van der Waals surface area contributed by atoms with E-state index >= 15 is 0 Å². The summed E-state index contributed by atoms with van der Waals surface area (Å²) in [5.74, 6) is -4.58. The van der Waals surface area contributed by atoms with Gasteiger partial charge in [-0.25, -0.2) is 18.0 Å². The molecule has 1 unspecified atom stereocenters. The summed E-state index contributed by atoms with van der Waals surface area (Å²) in [5, 5.41) is 14.7. The molecule has 0 radical (unpaired) electrons. The number of hydrogen-bond donors (Lipinski definition) is 1. The smallest absolute Gasteiger partial charge is 0.400 e. The van der Waals surface area contributed by atoms with Crippen LogP contribution >= 0.6 is 11.6 Å². The van der Waals surface area contributed by atoms with Crippen LogP contribution in [0, 0.1) is 22.6 Å². The maximum atomic E-state index is 13.8. The van der Waals surface area contributed by atoms with Crippen molar-refractivity contribution in [3.05, 3.63) is 87.4 Å². The van der Waals surface area contributed by atoms with Crippen LogP contribution in [-0.4, -0.2) is 94.8 Å². The zero-order valence-electron chi connectivity index (χ0n) is 30.1. The molecular weight excluding hydrogens is 742 g/mol. The molecule has 1 N–H and O–H groups in total. The van der Waals surface area contributed by atoms with E-state index in [0.717, 1.165) is 32.5 Å². The first kappa shape index (κ1) is 41.2. The standard InChI is InChI=1S/C33H36ClF3N4O4.C5H7F3O/c1-39-18-32(19-39)20-40(30(42)23-12-38-41(14-23)13-21-2-4-25(35)5-3-21)15-24(32)16-45-17-27-28(34)7-6-26(29(27)31(43)44)22-8-10-33(36,37)11-9-22;1-4(2,3-9)5(6,7)8/h2-7,12,14,22,24H,8-11,13,15-20H2,1H3,(H,43,44);3H,1-2H3. The van der Waals surface area contributed by atoms with Crippen molar-refractivity contribution in [2.75, 3.05) is 39.8 Å². The van der Waals surface area contributed by atoms with Crippen molar-refractivity contribution in [3.63, 3.8) is 0 Å². The second-order valence-electron chi connectivity index (χ2n) is 15.2. The number of ether oxygens (including phenoxy) is 1. The number of aromatic nitrogens is 2. The van der Waals surface area contributed by atoms with Crippen molar-refractivity contribution in [3.8, 4) is 0 Å². The highest BCUT2D eigenvalue weighted by Crippen LogP contribution is 2.45. The van der Waals surface area contributed by atoms with Gasteiger partial charge < -0.3 is 24.4 Å². The molecule has 16 heteroatoms. The maximum Gasteiger partial charge on any atom is 0.400 e. The summed E-state index contributed by atoms with van der Waals surface area (Å²) in [6.45, 7) is 4.99. The number of rotatable bonds is 10. The Morgan fingerprint density at radius 1 is 1.06 bits per heavy atom. The average molecular weight is 785 g/mol. The lowest BCUT2D eigenvalue weighted by Gasteiger charge is -2.49. The molecule has 1 saturated carbocycles. The van der Waals surface area contributed by atoms with Gasteiger partial charge in [0.25, 0.3) is 5.91 Å². The van der Waals surface area contributed by atoms with E-state index in [1.807, 2.05) is 11.9 Å². The maximum absolute atomic E-state index is 13.8. The average Bonchev–Trinajstić information content (AvgIpc) is 3.71. The number of carbonyl (C=O) groups is 3. The molecule has 3 fully saturated rings. The molecule has 54 heavy (non-hydrogen) atoms. The van der Waals surface area contributed by atoms with Crippen molar-refractivity contribution in [2.24, 2.45) is 16.7 Å². The Bertz CT molecular complexity index is 1820. The number of carbonyl (C=O) groups excluding carboxylic acids is 2. The number of carboxylic acids is 1. The van der Waals surface area contributed by atoms with Gasteiger partial charge in [0.2, 0.25) is 5.92 Å². The molecule has 1 spiro atoms. The number of carboxylic acid groups (broad SMARTS) is 1.